The molecule has 126 valence electrons. The maximum absolute atomic E-state index is 12.0. The maximum Gasteiger partial charge on any atom is 0.251 e. The number of hydrogen-bond acceptors (Lipinski definition) is 4. The van der Waals surface area contributed by atoms with Gasteiger partial charge in [0.05, 0.1) is 6.10 Å². The van der Waals surface area contributed by atoms with E-state index in [2.05, 4.69) is 27.6 Å². The van der Waals surface area contributed by atoms with E-state index in [-0.39, 0.29) is 17.4 Å². The molecule has 0 atom stereocenters. The Morgan fingerprint density at radius 2 is 2.25 bits per heavy atom. The van der Waals surface area contributed by atoms with Gasteiger partial charge in [0.1, 0.15) is 5.82 Å². The first-order chi connectivity index (χ1) is 11.5. The minimum atomic E-state index is -0.0622. The van der Waals surface area contributed by atoms with Crippen molar-refractivity contribution in [3.63, 3.8) is 0 Å². The van der Waals surface area contributed by atoms with Crippen LogP contribution < -0.4 is 5.32 Å². The minimum Gasteiger partial charge on any atom is -0.381 e. The SMILES string of the molecule is COC1CC(Cc2n[nH]c(=S)n2C)(c2ccc3c(c2)C(=O)NC3)C1. The van der Waals surface area contributed by atoms with Crippen LogP contribution in [0, 0.1) is 4.77 Å². The van der Waals surface area contributed by atoms with Crippen LogP contribution in [0.2, 0.25) is 0 Å². The van der Waals surface area contributed by atoms with Crippen molar-refractivity contribution in [2.24, 2.45) is 7.05 Å². The van der Waals surface area contributed by atoms with Gasteiger partial charge in [0.25, 0.3) is 5.91 Å². The molecule has 1 amide bonds. The molecule has 2 aromatic rings. The molecule has 0 radical (unpaired) electrons. The highest BCUT2D eigenvalue weighted by molar-refractivity contribution is 7.71. The molecular weight excluding hydrogens is 324 g/mol. The maximum atomic E-state index is 12.0. The smallest absolute Gasteiger partial charge is 0.251 e. The fourth-order valence-electron chi connectivity index (χ4n) is 3.84. The van der Waals surface area contributed by atoms with Crippen molar-refractivity contribution >= 4 is 18.1 Å². The number of H-pyrrole nitrogens is 1. The van der Waals surface area contributed by atoms with Gasteiger partial charge in [0.2, 0.25) is 0 Å². The molecule has 1 aliphatic heterocycles. The van der Waals surface area contributed by atoms with E-state index in [1.807, 2.05) is 17.7 Å². The van der Waals surface area contributed by atoms with Crippen molar-refractivity contribution in [1.29, 1.82) is 0 Å². The molecule has 1 fully saturated rings. The summed E-state index contributed by atoms with van der Waals surface area (Å²) in [6, 6.07) is 6.25. The summed E-state index contributed by atoms with van der Waals surface area (Å²) in [4.78, 5) is 12.0. The van der Waals surface area contributed by atoms with Gasteiger partial charge in [-0.15, -0.1) is 0 Å². The van der Waals surface area contributed by atoms with E-state index in [0.717, 1.165) is 36.2 Å². The molecule has 24 heavy (non-hydrogen) atoms. The number of amides is 1. The monoisotopic (exact) mass is 344 g/mol. The largest absolute Gasteiger partial charge is 0.381 e. The highest BCUT2D eigenvalue weighted by Crippen LogP contribution is 2.47. The number of fused-ring (bicyclic) bond motifs is 1. The fourth-order valence-corrected chi connectivity index (χ4v) is 3.99. The number of aromatic nitrogens is 3. The lowest BCUT2D eigenvalue weighted by molar-refractivity contribution is -0.0195. The summed E-state index contributed by atoms with van der Waals surface area (Å²) in [7, 11) is 3.68. The predicted molar refractivity (Wildman–Crippen MR) is 91.4 cm³/mol. The van der Waals surface area contributed by atoms with Crippen molar-refractivity contribution in [1.82, 2.24) is 20.1 Å². The summed E-state index contributed by atoms with van der Waals surface area (Å²) in [5.74, 6) is 0.947. The van der Waals surface area contributed by atoms with Gasteiger partial charge < -0.3 is 14.6 Å². The number of nitrogens with one attached hydrogen (secondary N) is 2. The number of carbonyl (C=O) groups excluding carboxylic acids is 1. The summed E-state index contributed by atoms with van der Waals surface area (Å²) < 4.78 is 8.05. The van der Waals surface area contributed by atoms with Crippen LogP contribution in [0.4, 0.5) is 0 Å². The number of nitrogens with zero attached hydrogens (tertiary/aromatic N) is 2. The Morgan fingerprint density at radius 1 is 1.46 bits per heavy atom. The molecule has 0 spiro atoms. The van der Waals surface area contributed by atoms with E-state index < -0.39 is 0 Å². The standard InChI is InChI=1S/C17H20N4O2S/c1-21-14(19-20-16(21)24)8-17(6-12(7-17)23-2)11-4-3-10-9-18-15(22)13(10)5-11/h3-5,12H,6-9H2,1-2H3,(H,18,22)(H,20,24). The van der Waals surface area contributed by atoms with E-state index in [1.54, 1.807) is 7.11 Å². The first-order valence-electron chi connectivity index (χ1n) is 8.07. The zero-order valence-electron chi connectivity index (χ0n) is 13.8. The molecule has 6 nitrogen and oxygen atoms in total. The van der Waals surface area contributed by atoms with Crippen LogP contribution in [-0.2, 0) is 30.2 Å². The number of aromatic amines is 1. The number of methoxy groups -OCH3 is 1. The van der Waals surface area contributed by atoms with Gasteiger partial charge >= 0.3 is 0 Å². The molecule has 7 heteroatoms. The second-order valence-electron chi connectivity index (χ2n) is 6.78. The first kappa shape index (κ1) is 15.5. The molecule has 0 bridgehead atoms. The number of carbonyl (C=O) groups is 1. The Bertz CT molecular complexity index is 864. The first-order valence-corrected chi connectivity index (χ1v) is 8.48. The Labute approximate surface area is 145 Å². The van der Waals surface area contributed by atoms with Crippen molar-refractivity contribution < 1.29 is 9.53 Å². The van der Waals surface area contributed by atoms with E-state index in [4.69, 9.17) is 17.0 Å². The third-order valence-electron chi connectivity index (χ3n) is 5.45. The zero-order chi connectivity index (χ0) is 16.9. The molecule has 1 aromatic carbocycles. The Hall–Kier alpha value is -1.99. The molecule has 1 aromatic heterocycles. The average molecular weight is 344 g/mol. The number of rotatable bonds is 4. The minimum absolute atomic E-state index is 0.0165. The van der Waals surface area contributed by atoms with Crippen molar-refractivity contribution in [3.8, 4) is 0 Å². The van der Waals surface area contributed by atoms with Crippen LogP contribution in [0.3, 0.4) is 0 Å². The Kier molecular flexibility index (Phi) is 3.58. The van der Waals surface area contributed by atoms with Crippen molar-refractivity contribution in [3.05, 3.63) is 45.5 Å². The third kappa shape index (κ3) is 2.31. The molecule has 1 aliphatic carbocycles. The van der Waals surface area contributed by atoms with Gasteiger partial charge in [-0.1, -0.05) is 12.1 Å². The van der Waals surface area contributed by atoms with Crippen LogP contribution in [0.15, 0.2) is 18.2 Å². The highest BCUT2D eigenvalue weighted by atomic mass is 32.1. The van der Waals surface area contributed by atoms with E-state index >= 15 is 0 Å². The van der Waals surface area contributed by atoms with Gasteiger partial charge in [0, 0.05) is 38.1 Å². The van der Waals surface area contributed by atoms with Gasteiger partial charge in [0.15, 0.2) is 4.77 Å². The molecular formula is C17H20N4O2S. The number of ether oxygens (including phenoxy) is 1. The molecule has 1 saturated carbocycles. The number of benzene rings is 1. The van der Waals surface area contributed by atoms with Gasteiger partial charge in [-0.05, 0) is 42.3 Å². The van der Waals surface area contributed by atoms with Crippen LogP contribution >= 0.6 is 12.2 Å². The van der Waals surface area contributed by atoms with Gasteiger partial charge in [-0.25, -0.2) is 0 Å². The predicted octanol–water partition coefficient (Wildman–Crippen LogP) is 2.01. The van der Waals surface area contributed by atoms with Crippen molar-refractivity contribution in [2.75, 3.05) is 7.11 Å². The molecule has 4 rings (SSSR count). The molecule has 0 unspecified atom stereocenters. The van der Waals surface area contributed by atoms with Crippen molar-refractivity contribution in [2.45, 2.75) is 37.3 Å². The normalized spacial score (nSPS) is 25.2. The highest BCUT2D eigenvalue weighted by Gasteiger charge is 2.47. The molecule has 2 aliphatic rings. The second-order valence-corrected chi connectivity index (χ2v) is 7.17. The summed E-state index contributed by atoms with van der Waals surface area (Å²) in [5, 5.41) is 10.1. The van der Waals surface area contributed by atoms with E-state index in [0.29, 0.717) is 11.3 Å². The second kappa shape index (κ2) is 5.53. The lowest BCUT2D eigenvalue weighted by Crippen LogP contribution is -2.47. The lowest BCUT2D eigenvalue weighted by atomic mass is 9.60. The zero-order valence-corrected chi connectivity index (χ0v) is 14.6. The van der Waals surface area contributed by atoms with Gasteiger partial charge in [-0.2, -0.15) is 5.10 Å². The van der Waals surface area contributed by atoms with E-state index in [1.165, 1.54) is 5.56 Å². The lowest BCUT2D eigenvalue weighted by Gasteiger charge is -2.47. The van der Waals surface area contributed by atoms with Crippen LogP contribution in [0.1, 0.15) is 40.2 Å². The van der Waals surface area contributed by atoms with Crippen LogP contribution in [-0.4, -0.2) is 33.9 Å². The quantitative estimate of drug-likeness (QED) is 0.833. The molecule has 2 heterocycles. The molecule has 2 N–H and O–H groups in total. The Balaban J connectivity index is 1.72. The number of hydrogen-bond donors (Lipinski definition) is 2. The fraction of sp³-hybridized carbons (Fsp3) is 0.471. The Morgan fingerprint density at radius 3 is 2.92 bits per heavy atom. The van der Waals surface area contributed by atoms with Crippen LogP contribution in [0.25, 0.3) is 0 Å². The topological polar surface area (TPSA) is 71.9 Å². The van der Waals surface area contributed by atoms with E-state index in [9.17, 15) is 4.79 Å². The molecule has 0 saturated heterocycles. The average Bonchev–Trinajstić information content (AvgIpc) is 3.07. The summed E-state index contributed by atoms with van der Waals surface area (Å²) in [6.45, 7) is 0.621. The summed E-state index contributed by atoms with van der Waals surface area (Å²) in [6.07, 6.45) is 2.86. The third-order valence-corrected chi connectivity index (χ3v) is 5.81. The summed E-state index contributed by atoms with van der Waals surface area (Å²) >= 11 is 5.23. The van der Waals surface area contributed by atoms with Crippen LogP contribution in [0.5, 0.6) is 0 Å². The van der Waals surface area contributed by atoms with Gasteiger partial charge in [-0.3, -0.25) is 9.89 Å². The summed E-state index contributed by atoms with van der Waals surface area (Å²) in [5.41, 5.74) is 2.98.